The maximum atomic E-state index is 12.2. The zero-order chi connectivity index (χ0) is 19.7. The summed E-state index contributed by atoms with van der Waals surface area (Å²) in [7, 11) is -0.436. The predicted molar refractivity (Wildman–Crippen MR) is 103 cm³/mol. The molecule has 148 valence electrons. The average molecular weight is 375 g/mol. The molecule has 27 heavy (non-hydrogen) atoms. The van der Waals surface area contributed by atoms with Gasteiger partial charge in [-0.2, -0.15) is 0 Å². The van der Waals surface area contributed by atoms with Gasteiger partial charge in [0.1, 0.15) is 5.60 Å². The lowest BCUT2D eigenvalue weighted by Crippen LogP contribution is -2.48. The van der Waals surface area contributed by atoms with E-state index in [4.69, 9.17) is 14.0 Å². The Morgan fingerprint density at radius 2 is 1.81 bits per heavy atom. The second kappa shape index (κ2) is 7.76. The van der Waals surface area contributed by atoms with Crippen LogP contribution in [0, 0.1) is 5.41 Å². The van der Waals surface area contributed by atoms with Crippen molar-refractivity contribution in [1.29, 1.82) is 0 Å². The van der Waals surface area contributed by atoms with Gasteiger partial charge in [-0.15, -0.1) is 0 Å². The van der Waals surface area contributed by atoms with Crippen molar-refractivity contribution in [1.82, 2.24) is 14.9 Å². The molecule has 0 saturated carbocycles. The van der Waals surface area contributed by atoms with Gasteiger partial charge >= 0.3 is 13.2 Å². The minimum atomic E-state index is -0.465. The first-order valence-electron chi connectivity index (χ1n) is 9.66. The van der Waals surface area contributed by atoms with E-state index in [2.05, 4.69) is 23.8 Å². The molecule has 3 heterocycles. The van der Waals surface area contributed by atoms with Gasteiger partial charge in [0, 0.05) is 50.0 Å². The van der Waals surface area contributed by atoms with Crippen molar-refractivity contribution in [2.24, 2.45) is 5.41 Å². The predicted octanol–water partition coefficient (Wildman–Crippen LogP) is 2.36. The molecule has 0 unspecified atom stereocenters. The van der Waals surface area contributed by atoms with Gasteiger partial charge in [0.2, 0.25) is 0 Å². The molecular formula is C19H30BN3O4. The van der Waals surface area contributed by atoms with Gasteiger partial charge in [-0.05, 0) is 33.6 Å². The summed E-state index contributed by atoms with van der Waals surface area (Å²) >= 11 is 0. The van der Waals surface area contributed by atoms with Crippen molar-refractivity contribution in [3.63, 3.8) is 0 Å². The number of amides is 1. The molecule has 2 aliphatic heterocycles. The summed E-state index contributed by atoms with van der Waals surface area (Å²) in [5.41, 5.74) is 1.24. The fraction of sp³-hybridized carbons (Fsp3) is 0.737. The van der Waals surface area contributed by atoms with E-state index < -0.39 is 12.7 Å². The molecule has 0 spiro atoms. The number of nitrogens with zero attached hydrogens (tertiary/aromatic N) is 3. The number of carbonyl (C=O) groups excluding carboxylic acids is 1. The molecule has 2 fully saturated rings. The molecule has 7 nitrogen and oxygen atoms in total. The number of carbonyl (C=O) groups is 1. The summed E-state index contributed by atoms with van der Waals surface area (Å²) in [6, 6.07) is 0. The van der Waals surface area contributed by atoms with E-state index in [9.17, 15) is 4.79 Å². The van der Waals surface area contributed by atoms with Crippen molar-refractivity contribution < 1.29 is 18.8 Å². The molecule has 0 atom stereocenters. The molecular weight excluding hydrogens is 345 g/mol. The van der Waals surface area contributed by atoms with Gasteiger partial charge in [0.05, 0.1) is 11.3 Å². The third-order valence-corrected chi connectivity index (χ3v) is 4.75. The Labute approximate surface area is 161 Å². The molecule has 0 N–H and O–H groups in total. The highest BCUT2D eigenvalue weighted by molar-refractivity contribution is 6.60. The number of hydrogen-bond acceptors (Lipinski definition) is 6. The normalized spacial score (nSPS) is 21.2. The van der Waals surface area contributed by atoms with Crippen LogP contribution in [0.3, 0.4) is 0 Å². The Morgan fingerprint density at radius 3 is 2.33 bits per heavy atom. The van der Waals surface area contributed by atoms with Crippen molar-refractivity contribution in [2.75, 3.05) is 26.3 Å². The topological polar surface area (TPSA) is 73.8 Å². The van der Waals surface area contributed by atoms with Crippen LogP contribution in [-0.4, -0.2) is 60.0 Å². The van der Waals surface area contributed by atoms with E-state index in [-0.39, 0.29) is 11.5 Å². The van der Waals surface area contributed by atoms with E-state index in [0.29, 0.717) is 37.8 Å². The van der Waals surface area contributed by atoms with Crippen molar-refractivity contribution >= 4 is 18.8 Å². The zero-order valence-corrected chi connectivity index (χ0v) is 17.0. The van der Waals surface area contributed by atoms with Crippen LogP contribution in [0.2, 0.25) is 0 Å². The second-order valence-corrected chi connectivity index (χ2v) is 9.23. The quantitative estimate of drug-likeness (QED) is 0.739. The van der Waals surface area contributed by atoms with Gasteiger partial charge < -0.3 is 18.9 Å². The van der Waals surface area contributed by atoms with Gasteiger partial charge in [0.25, 0.3) is 0 Å². The smallest absolute Gasteiger partial charge is 0.444 e. The first-order chi connectivity index (χ1) is 12.6. The monoisotopic (exact) mass is 375 g/mol. The van der Waals surface area contributed by atoms with Gasteiger partial charge in [-0.1, -0.05) is 13.8 Å². The molecule has 8 heteroatoms. The van der Waals surface area contributed by atoms with Gasteiger partial charge in [-0.3, -0.25) is 9.97 Å². The number of likely N-dealkylation sites (tertiary alicyclic amines) is 1. The van der Waals surface area contributed by atoms with Crippen LogP contribution in [-0.2, 0) is 14.0 Å². The molecule has 3 rings (SSSR count). The number of piperidine rings is 1. The number of ether oxygens (including phenoxy) is 1. The fourth-order valence-electron chi connectivity index (χ4n) is 3.23. The third-order valence-electron chi connectivity index (χ3n) is 4.75. The first-order valence-corrected chi connectivity index (χ1v) is 9.66. The molecule has 0 bridgehead atoms. The average Bonchev–Trinajstić information content (AvgIpc) is 2.61. The van der Waals surface area contributed by atoms with Crippen LogP contribution in [0.15, 0.2) is 12.4 Å². The minimum Gasteiger partial charge on any atom is -0.444 e. The summed E-state index contributed by atoms with van der Waals surface area (Å²) in [6.07, 6.45) is 5.04. The highest BCUT2D eigenvalue weighted by atomic mass is 16.6. The van der Waals surface area contributed by atoms with E-state index in [1.54, 1.807) is 11.1 Å². The summed E-state index contributed by atoms with van der Waals surface area (Å²) in [5.74, 6) is 0.303. The summed E-state index contributed by atoms with van der Waals surface area (Å²) < 4.78 is 17.0. The number of hydrogen-bond donors (Lipinski definition) is 0. The maximum absolute atomic E-state index is 12.2. The highest BCUT2D eigenvalue weighted by Gasteiger charge is 2.35. The second-order valence-electron chi connectivity index (χ2n) is 9.23. The standard InChI is InChI=1S/C19H30BN3O4/c1-18(2,3)27-17(24)23-8-6-14(7-9-23)15-10-22-16(11-21-15)20-25-12-19(4,5)13-26-20/h10-11,14H,6-9,12-13H2,1-5H3. The van der Waals surface area contributed by atoms with Gasteiger partial charge in [0.15, 0.2) is 0 Å². The third kappa shape index (κ3) is 5.42. The summed E-state index contributed by atoms with van der Waals surface area (Å²) in [6.45, 7) is 12.5. The Kier molecular flexibility index (Phi) is 5.77. The van der Waals surface area contributed by atoms with Crippen molar-refractivity contribution in [2.45, 2.75) is 59.0 Å². The lowest BCUT2D eigenvalue weighted by Gasteiger charge is -2.33. The summed E-state index contributed by atoms with van der Waals surface area (Å²) in [4.78, 5) is 23.0. The van der Waals surface area contributed by atoms with Crippen molar-refractivity contribution in [3.05, 3.63) is 18.1 Å². The Hall–Kier alpha value is -1.67. The first kappa shape index (κ1) is 20.1. The lowest BCUT2D eigenvalue weighted by molar-refractivity contribution is 0.0204. The molecule has 0 aromatic carbocycles. The van der Waals surface area contributed by atoms with E-state index in [1.807, 2.05) is 27.0 Å². The van der Waals surface area contributed by atoms with Crippen molar-refractivity contribution in [3.8, 4) is 0 Å². The number of rotatable bonds is 2. The Morgan fingerprint density at radius 1 is 1.19 bits per heavy atom. The molecule has 2 aliphatic rings. The molecule has 0 aliphatic carbocycles. The van der Waals surface area contributed by atoms with Gasteiger partial charge in [-0.25, -0.2) is 4.79 Å². The Balaban J connectivity index is 1.52. The van der Waals surface area contributed by atoms with E-state index in [1.165, 1.54) is 0 Å². The minimum absolute atomic E-state index is 0.0337. The largest absolute Gasteiger partial charge is 0.515 e. The van der Waals surface area contributed by atoms with Crippen LogP contribution in [0.25, 0.3) is 0 Å². The molecule has 1 amide bonds. The molecule has 1 aromatic rings. The SMILES string of the molecule is CC1(C)COB(c2cnc(C3CCN(C(=O)OC(C)(C)C)CC3)cn2)OC1. The van der Waals surface area contributed by atoms with Crippen LogP contribution in [0.4, 0.5) is 4.79 Å². The van der Waals surface area contributed by atoms with Crippen LogP contribution in [0.5, 0.6) is 0 Å². The molecule has 0 radical (unpaired) electrons. The summed E-state index contributed by atoms with van der Waals surface area (Å²) in [5, 5.41) is 0. The maximum Gasteiger partial charge on any atom is 0.515 e. The van der Waals surface area contributed by atoms with Crippen LogP contribution < -0.4 is 5.59 Å². The van der Waals surface area contributed by atoms with Crippen LogP contribution >= 0.6 is 0 Å². The van der Waals surface area contributed by atoms with Crippen LogP contribution in [0.1, 0.15) is 59.1 Å². The van der Waals surface area contributed by atoms with E-state index >= 15 is 0 Å². The number of aromatic nitrogens is 2. The molecule has 1 aromatic heterocycles. The zero-order valence-electron chi connectivity index (χ0n) is 17.0. The fourth-order valence-corrected chi connectivity index (χ4v) is 3.23. The lowest BCUT2D eigenvalue weighted by atomic mass is 9.80. The molecule has 2 saturated heterocycles. The Bertz CT molecular complexity index is 642. The highest BCUT2D eigenvalue weighted by Crippen LogP contribution is 2.27. The van der Waals surface area contributed by atoms with E-state index in [0.717, 1.165) is 18.5 Å².